The SMILES string of the molecule is CCOC(=O)C1=C(C)N(c2ccc(OC)cc2)C(=O)C1=Cc1ccc(C(=O)O)cc1. The molecule has 0 spiro atoms. The Hall–Kier alpha value is -3.87. The number of carboxylic acids is 1. The maximum atomic E-state index is 13.3. The Labute approximate surface area is 173 Å². The van der Waals surface area contributed by atoms with Crippen LogP contribution in [0.3, 0.4) is 0 Å². The van der Waals surface area contributed by atoms with Gasteiger partial charge in [-0.3, -0.25) is 9.69 Å². The lowest BCUT2D eigenvalue weighted by molar-refractivity contribution is -0.138. The highest BCUT2D eigenvalue weighted by Crippen LogP contribution is 2.36. The van der Waals surface area contributed by atoms with Crippen LogP contribution in [0.2, 0.25) is 0 Å². The Morgan fingerprint density at radius 1 is 1.07 bits per heavy atom. The molecule has 0 aromatic heterocycles. The predicted molar refractivity (Wildman–Crippen MR) is 111 cm³/mol. The average molecular weight is 407 g/mol. The summed E-state index contributed by atoms with van der Waals surface area (Å²) in [6.07, 6.45) is 1.56. The van der Waals surface area contributed by atoms with Gasteiger partial charge in [0.25, 0.3) is 5.91 Å². The fourth-order valence-electron chi connectivity index (χ4n) is 3.21. The van der Waals surface area contributed by atoms with Crippen LogP contribution in [0.1, 0.15) is 29.8 Å². The first-order chi connectivity index (χ1) is 14.4. The monoisotopic (exact) mass is 407 g/mol. The van der Waals surface area contributed by atoms with Gasteiger partial charge in [0, 0.05) is 11.4 Å². The molecule has 1 amide bonds. The fraction of sp³-hybridized carbons (Fsp3) is 0.174. The molecule has 0 bridgehead atoms. The second-order valence-corrected chi connectivity index (χ2v) is 6.50. The van der Waals surface area contributed by atoms with Crippen molar-refractivity contribution in [1.29, 1.82) is 0 Å². The molecule has 1 heterocycles. The van der Waals surface area contributed by atoms with Gasteiger partial charge < -0.3 is 14.6 Å². The number of carbonyl (C=O) groups is 3. The summed E-state index contributed by atoms with van der Waals surface area (Å²) in [7, 11) is 1.55. The van der Waals surface area contributed by atoms with Gasteiger partial charge in [-0.15, -0.1) is 0 Å². The lowest BCUT2D eigenvalue weighted by Gasteiger charge is -2.18. The number of anilines is 1. The quantitative estimate of drug-likeness (QED) is 0.580. The fourth-order valence-corrected chi connectivity index (χ4v) is 3.21. The molecule has 30 heavy (non-hydrogen) atoms. The summed E-state index contributed by atoms with van der Waals surface area (Å²) in [6.45, 7) is 3.55. The lowest BCUT2D eigenvalue weighted by atomic mass is 10.0. The Kier molecular flexibility index (Phi) is 6.01. The molecule has 0 unspecified atom stereocenters. The first kappa shape index (κ1) is 20.9. The molecular weight excluding hydrogens is 386 g/mol. The van der Waals surface area contributed by atoms with E-state index in [9.17, 15) is 14.4 Å². The van der Waals surface area contributed by atoms with Gasteiger partial charge in [0.2, 0.25) is 0 Å². The van der Waals surface area contributed by atoms with Crippen LogP contribution in [-0.2, 0) is 14.3 Å². The van der Waals surface area contributed by atoms with Crippen LogP contribution in [-0.4, -0.2) is 36.7 Å². The van der Waals surface area contributed by atoms with E-state index >= 15 is 0 Å². The largest absolute Gasteiger partial charge is 0.497 e. The molecule has 3 rings (SSSR count). The zero-order valence-corrected chi connectivity index (χ0v) is 16.8. The minimum absolute atomic E-state index is 0.132. The number of allylic oxidation sites excluding steroid dienone is 1. The maximum Gasteiger partial charge on any atom is 0.340 e. The number of methoxy groups -OCH3 is 1. The molecule has 2 aromatic carbocycles. The minimum atomic E-state index is -1.04. The highest BCUT2D eigenvalue weighted by atomic mass is 16.5. The third-order valence-electron chi connectivity index (χ3n) is 4.68. The normalized spacial score (nSPS) is 15.0. The summed E-state index contributed by atoms with van der Waals surface area (Å²) in [4.78, 5) is 38.4. The zero-order valence-electron chi connectivity index (χ0n) is 16.8. The highest BCUT2D eigenvalue weighted by Gasteiger charge is 2.38. The van der Waals surface area contributed by atoms with Crippen LogP contribution >= 0.6 is 0 Å². The van der Waals surface area contributed by atoms with Crippen LogP contribution in [0, 0.1) is 0 Å². The topological polar surface area (TPSA) is 93.1 Å². The standard InChI is InChI=1S/C23H21NO6/c1-4-30-23(28)20-14(2)24(17-9-11-18(29-3)12-10-17)21(25)19(20)13-15-5-7-16(8-6-15)22(26)27/h5-13H,4H2,1-3H3,(H,26,27). The van der Waals surface area contributed by atoms with E-state index in [1.165, 1.54) is 17.0 Å². The van der Waals surface area contributed by atoms with Gasteiger partial charge in [0.15, 0.2) is 0 Å². The van der Waals surface area contributed by atoms with Gasteiger partial charge in [-0.25, -0.2) is 9.59 Å². The number of carboxylic acid groups (broad SMARTS) is 1. The third-order valence-corrected chi connectivity index (χ3v) is 4.68. The molecule has 2 aromatic rings. The molecule has 7 nitrogen and oxygen atoms in total. The van der Waals surface area contributed by atoms with Gasteiger partial charge >= 0.3 is 11.9 Å². The van der Waals surface area contributed by atoms with E-state index in [4.69, 9.17) is 14.6 Å². The van der Waals surface area contributed by atoms with Crippen molar-refractivity contribution in [2.75, 3.05) is 18.6 Å². The number of carbonyl (C=O) groups excluding carboxylic acids is 2. The molecule has 0 saturated heterocycles. The van der Waals surface area contributed by atoms with Crippen LogP contribution in [0.15, 0.2) is 65.4 Å². The van der Waals surface area contributed by atoms with E-state index in [1.807, 2.05) is 0 Å². The number of aromatic carboxylic acids is 1. The molecule has 0 saturated carbocycles. The minimum Gasteiger partial charge on any atom is -0.497 e. The molecule has 7 heteroatoms. The van der Waals surface area contributed by atoms with E-state index in [0.29, 0.717) is 22.7 Å². The van der Waals surface area contributed by atoms with Crippen molar-refractivity contribution < 1.29 is 29.0 Å². The number of hydrogen-bond acceptors (Lipinski definition) is 5. The van der Waals surface area contributed by atoms with Crippen molar-refractivity contribution in [2.24, 2.45) is 0 Å². The summed E-state index contributed by atoms with van der Waals surface area (Å²) in [5, 5.41) is 9.06. The summed E-state index contributed by atoms with van der Waals surface area (Å²) in [6, 6.07) is 13.0. The average Bonchev–Trinajstić information content (AvgIpc) is 2.98. The second-order valence-electron chi connectivity index (χ2n) is 6.50. The Balaban J connectivity index is 2.07. The van der Waals surface area contributed by atoms with Crippen molar-refractivity contribution in [2.45, 2.75) is 13.8 Å². The van der Waals surface area contributed by atoms with Crippen molar-refractivity contribution >= 4 is 29.6 Å². The number of rotatable bonds is 6. The Morgan fingerprint density at radius 2 is 1.70 bits per heavy atom. The molecule has 154 valence electrons. The molecular formula is C23H21NO6. The molecule has 1 aliphatic rings. The number of benzene rings is 2. The summed E-state index contributed by atoms with van der Waals surface area (Å²) in [5.74, 6) is -1.36. The number of ether oxygens (including phenoxy) is 2. The first-order valence-electron chi connectivity index (χ1n) is 9.29. The maximum absolute atomic E-state index is 13.3. The van der Waals surface area contributed by atoms with Crippen LogP contribution in [0.25, 0.3) is 6.08 Å². The summed E-state index contributed by atoms with van der Waals surface area (Å²) >= 11 is 0. The van der Waals surface area contributed by atoms with Gasteiger partial charge in [0.1, 0.15) is 5.75 Å². The number of hydrogen-bond donors (Lipinski definition) is 1. The van der Waals surface area contributed by atoms with Crippen LogP contribution in [0.5, 0.6) is 5.75 Å². The van der Waals surface area contributed by atoms with Crippen LogP contribution in [0.4, 0.5) is 5.69 Å². The van der Waals surface area contributed by atoms with Gasteiger partial charge in [-0.05, 0) is 61.9 Å². The van der Waals surface area contributed by atoms with E-state index in [0.717, 1.165) is 0 Å². The Morgan fingerprint density at radius 3 is 2.23 bits per heavy atom. The summed E-state index contributed by atoms with van der Waals surface area (Å²) in [5.41, 5.74) is 2.13. The van der Waals surface area contributed by atoms with E-state index < -0.39 is 11.9 Å². The van der Waals surface area contributed by atoms with E-state index in [-0.39, 0.29) is 29.2 Å². The molecule has 0 atom stereocenters. The molecule has 0 radical (unpaired) electrons. The van der Waals surface area contributed by atoms with Gasteiger partial charge in [-0.1, -0.05) is 12.1 Å². The smallest absolute Gasteiger partial charge is 0.340 e. The molecule has 0 fully saturated rings. The third kappa shape index (κ3) is 3.96. The van der Waals surface area contributed by atoms with Crippen molar-refractivity contribution in [1.82, 2.24) is 0 Å². The first-order valence-corrected chi connectivity index (χ1v) is 9.29. The van der Waals surface area contributed by atoms with Gasteiger partial charge in [-0.2, -0.15) is 0 Å². The van der Waals surface area contributed by atoms with Crippen molar-refractivity contribution in [3.63, 3.8) is 0 Å². The lowest BCUT2D eigenvalue weighted by Crippen LogP contribution is -2.24. The molecule has 1 aliphatic heterocycles. The summed E-state index contributed by atoms with van der Waals surface area (Å²) < 4.78 is 10.3. The number of amides is 1. The number of nitrogens with zero attached hydrogens (tertiary/aromatic N) is 1. The molecule has 0 aliphatic carbocycles. The Bertz CT molecular complexity index is 1050. The van der Waals surface area contributed by atoms with E-state index in [2.05, 4.69) is 0 Å². The van der Waals surface area contributed by atoms with Crippen molar-refractivity contribution in [3.8, 4) is 5.75 Å². The predicted octanol–water partition coefficient (Wildman–Crippen LogP) is 3.66. The second kappa shape index (κ2) is 8.65. The highest BCUT2D eigenvalue weighted by molar-refractivity contribution is 6.23. The van der Waals surface area contributed by atoms with Crippen molar-refractivity contribution in [3.05, 3.63) is 76.5 Å². The number of esters is 1. The van der Waals surface area contributed by atoms with Crippen LogP contribution < -0.4 is 9.64 Å². The zero-order chi connectivity index (χ0) is 21.8. The molecule has 1 N–H and O–H groups in total. The van der Waals surface area contributed by atoms with E-state index in [1.54, 1.807) is 63.4 Å². The van der Waals surface area contributed by atoms with Gasteiger partial charge in [0.05, 0.1) is 30.4 Å².